The van der Waals surface area contributed by atoms with E-state index in [0.717, 1.165) is 32.6 Å². The van der Waals surface area contributed by atoms with Crippen molar-refractivity contribution in [2.45, 2.75) is 19.8 Å². The minimum absolute atomic E-state index is 0.0520. The van der Waals surface area contributed by atoms with Crippen molar-refractivity contribution >= 4 is 5.97 Å². The van der Waals surface area contributed by atoms with Gasteiger partial charge in [-0.05, 0) is 18.3 Å². The van der Waals surface area contributed by atoms with Crippen molar-refractivity contribution in [1.82, 2.24) is 5.32 Å². The van der Waals surface area contributed by atoms with Crippen LogP contribution in [-0.4, -0.2) is 37.4 Å². The molecule has 1 fully saturated rings. The second-order valence-corrected chi connectivity index (χ2v) is 3.92. The van der Waals surface area contributed by atoms with E-state index < -0.39 is 5.97 Å². The molecule has 2 N–H and O–H groups in total. The molecule has 0 aromatic heterocycles. The standard InChI is InChI=1S/C9H17NO3/c1-9(2-4-13-5-3-9)7-10-6-8(11)12/h10H,2-7H2,1H3,(H,11,12). The van der Waals surface area contributed by atoms with Gasteiger partial charge < -0.3 is 15.2 Å². The van der Waals surface area contributed by atoms with Crippen molar-refractivity contribution in [2.75, 3.05) is 26.3 Å². The Bertz CT molecular complexity index is 176. The summed E-state index contributed by atoms with van der Waals surface area (Å²) >= 11 is 0. The van der Waals surface area contributed by atoms with Crippen LogP contribution in [-0.2, 0) is 9.53 Å². The summed E-state index contributed by atoms with van der Waals surface area (Å²) < 4.78 is 5.25. The van der Waals surface area contributed by atoms with Gasteiger partial charge in [-0.15, -0.1) is 0 Å². The van der Waals surface area contributed by atoms with E-state index in [0.29, 0.717) is 0 Å². The fraction of sp³-hybridized carbons (Fsp3) is 0.889. The van der Waals surface area contributed by atoms with Gasteiger partial charge in [-0.3, -0.25) is 4.79 Å². The number of hydrogen-bond acceptors (Lipinski definition) is 3. The highest BCUT2D eigenvalue weighted by Crippen LogP contribution is 2.28. The molecule has 1 rings (SSSR count). The average Bonchev–Trinajstić information content (AvgIpc) is 2.04. The van der Waals surface area contributed by atoms with Gasteiger partial charge in [0.25, 0.3) is 0 Å². The molecule has 1 heterocycles. The lowest BCUT2D eigenvalue weighted by atomic mass is 9.82. The van der Waals surface area contributed by atoms with Crippen LogP contribution < -0.4 is 5.32 Å². The molecule has 4 nitrogen and oxygen atoms in total. The Morgan fingerprint density at radius 3 is 2.69 bits per heavy atom. The number of carboxylic acid groups (broad SMARTS) is 1. The van der Waals surface area contributed by atoms with E-state index >= 15 is 0 Å². The predicted molar refractivity (Wildman–Crippen MR) is 48.7 cm³/mol. The molecule has 0 amide bonds. The Hall–Kier alpha value is -0.610. The molecule has 0 bridgehead atoms. The van der Waals surface area contributed by atoms with Crippen LogP contribution in [0.3, 0.4) is 0 Å². The van der Waals surface area contributed by atoms with E-state index in [2.05, 4.69) is 12.2 Å². The molecular formula is C9H17NO3. The van der Waals surface area contributed by atoms with E-state index in [-0.39, 0.29) is 12.0 Å². The first-order chi connectivity index (χ1) is 6.12. The first-order valence-electron chi connectivity index (χ1n) is 4.63. The van der Waals surface area contributed by atoms with Gasteiger partial charge in [0.15, 0.2) is 0 Å². The van der Waals surface area contributed by atoms with E-state index in [1.165, 1.54) is 0 Å². The van der Waals surface area contributed by atoms with Crippen molar-refractivity contribution in [3.8, 4) is 0 Å². The van der Waals surface area contributed by atoms with E-state index in [1.54, 1.807) is 0 Å². The maximum Gasteiger partial charge on any atom is 0.317 e. The molecule has 1 aliphatic rings. The molecule has 1 aliphatic heterocycles. The molecule has 76 valence electrons. The highest BCUT2D eigenvalue weighted by molar-refractivity contribution is 5.68. The van der Waals surface area contributed by atoms with Crippen LogP contribution in [0.15, 0.2) is 0 Å². The maximum absolute atomic E-state index is 10.3. The summed E-state index contributed by atoms with van der Waals surface area (Å²) in [5.74, 6) is -0.796. The van der Waals surface area contributed by atoms with Gasteiger partial charge in [0.05, 0.1) is 6.54 Å². The lowest BCUT2D eigenvalue weighted by molar-refractivity contribution is -0.136. The molecule has 0 aromatic carbocycles. The van der Waals surface area contributed by atoms with E-state index in [1.807, 2.05) is 0 Å². The van der Waals surface area contributed by atoms with Gasteiger partial charge in [-0.25, -0.2) is 0 Å². The highest BCUT2D eigenvalue weighted by Gasteiger charge is 2.26. The first kappa shape index (κ1) is 10.5. The van der Waals surface area contributed by atoms with Crippen LogP contribution in [0.4, 0.5) is 0 Å². The normalized spacial score (nSPS) is 21.3. The first-order valence-corrected chi connectivity index (χ1v) is 4.63. The summed E-state index contributed by atoms with van der Waals surface area (Å²) in [4.78, 5) is 10.3. The zero-order valence-electron chi connectivity index (χ0n) is 8.01. The smallest absolute Gasteiger partial charge is 0.317 e. The molecule has 0 atom stereocenters. The predicted octanol–water partition coefficient (Wildman–Crippen LogP) is 0.477. The summed E-state index contributed by atoms with van der Waals surface area (Å²) in [5, 5.41) is 11.4. The van der Waals surface area contributed by atoms with Gasteiger partial charge in [-0.2, -0.15) is 0 Å². The second-order valence-electron chi connectivity index (χ2n) is 3.92. The fourth-order valence-corrected chi connectivity index (χ4v) is 1.51. The number of rotatable bonds is 4. The van der Waals surface area contributed by atoms with E-state index in [9.17, 15) is 4.79 Å². The van der Waals surface area contributed by atoms with Crippen LogP contribution in [0, 0.1) is 5.41 Å². The molecule has 0 spiro atoms. The monoisotopic (exact) mass is 187 g/mol. The van der Waals surface area contributed by atoms with Gasteiger partial charge in [-0.1, -0.05) is 6.92 Å². The molecule has 0 radical (unpaired) electrons. The molecule has 0 aromatic rings. The van der Waals surface area contributed by atoms with Gasteiger partial charge >= 0.3 is 5.97 Å². The highest BCUT2D eigenvalue weighted by atomic mass is 16.5. The number of ether oxygens (including phenoxy) is 1. The van der Waals surface area contributed by atoms with Gasteiger partial charge in [0.1, 0.15) is 0 Å². The van der Waals surface area contributed by atoms with Gasteiger partial charge in [0, 0.05) is 19.8 Å². The second kappa shape index (κ2) is 4.58. The third-order valence-corrected chi connectivity index (χ3v) is 2.53. The molecule has 0 saturated carbocycles. The van der Waals surface area contributed by atoms with Crippen molar-refractivity contribution in [2.24, 2.45) is 5.41 Å². The topological polar surface area (TPSA) is 58.6 Å². The zero-order valence-corrected chi connectivity index (χ0v) is 8.01. The van der Waals surface area contributed by atoms with Crippen molar-refractivity contribution < 1.29 is 14.6 Å². The van der Waals surface area contributed by atoms with Crippen LogP contribution in [0.1, 0.15) is 19.8 Å². The molecule has 13 heavy (non-hydrogen) atoms. The Morgan fingerprint density at radius 1 is 1.54 bits per heavy atom. The Labute approximate surface area is 78.3 Å². The molecule has 0 aliphatic carbocycles. The van der Waals surface area contributed by atoms with Crippen molar-refractivity contribution in [3.63, 3.8) is 0 Å². The summed E-state index contributed by atoms with van der Waals surface area (Å²) in [6.07, 6.45) is 2.03. The molecule has 4 heteroatoms. The number of carboxylic acids is 1. The SMILES string of the molecule is CC1(CNCC(=O)O)CCOCC1. The van der Waals surface area contributed by atoms with E-state index in [4.69, 9.17) is 9.84 Å². The van der Waals surface area contributed by atoms with Crippen molar-refractivity contribution in [1.29, 1.82) is 0 Å². The Balaban J connectivity index is 2.21. The minimum atomic E-state index is -0.796. The zero-order chi connectivity index (χ0) is 9.73. The molecular weight excluding hydrogens is 170 g/mol. The largest absolute Gasteiger partial charge is 0.480 e. The maximum atomic E-state index is 10.3. The summed E-state index contributed by atoms with van der Waals surface area (Å²) in [6, 6.07) is 0. The number of nitrogens with one attached hydrogen (secondary N) is 1. The van der Waals surface area contributed by atoms with Crippen LogP contribution in [0.2, 0.25) is 0 Å². The number of aliphatic carboxylic acids is 1. The lowest BCUT2D eigenvalue weighted by Gasteiger charge is -2.33. The van der Waals surface area contributed by atoms with Crippen LogP contribution in [0.5, 0.6) is 0 Å². The fourth-order valence-electron chi connectivity index (χ4n) is 1.51. The Morgan fingerprint density at radius 2 is 2.15 bits per heavy atom. The third kappa shape index (κ3) is 3.74. The van der Waals surface area contributed by atoms with Gasteiger partial charge in [0.2, 0.25) is 0 Å². The minimum Gasteiger partial charge on any atom is -0.480 e. The van der Waals surface area contributed by atoms with Crippen LogP contribution in [0.25, 0.3) is 0 Å². The van der Waals surface area contributed by atoms with Crippen molar-refractivity contribution in [3.05, 3.63) is 0 Å². The quantitative estimate of drug-likeness (QED) is 0.672. The average molecular weight is 187 g/mol. The summed E-state index contributed by atoms with van der Waals surface area (Å²) in [7, 11) is 0. The number of hydrogen-bond donors (Lipinski definition) is 2. The van der Waals surface area contributed by atoms with Crippen LogP contribution >= 0.6 is 0 Å². The lowest BCUT2D eigenvalue weighted by Crippen LogP contribution is -2.38. The molecule has 0 unspecified atom stereocenters. The Kier molecular flexibility index (Phi) is 3.69. The summed E-state index contributed by atoms with van der Waals surface area (Å²) in [5.41, 5.74) is 0.216. The number of carbonyl (C=O) groups is 1. The third-order valence-electron chi connectivity index (χ3n) is 2.53. The molecule has 1 saturated heterocycles. The summed E-state index contributed by atoms with van der Waals surface area (Å²) in [6.45, 7) is 4.58.